The number of nitrogens with one attached hydrogen (secondary N) is 2. The number of fused-ring (bicyclic) bond motifs is 3. The van der Waals surface area contributed by atoms with Crippen LogP contribution in [-0.4, -0.2) is 23.8 Å². The van der Waals surface area contributed by atoms with E-state index in [2.05, 4.69) is 34.6 Å². The lowest BCUT2D eigenvalue weighted by molar-refractivity contribution is 0.605. The van der Waals surface area contributed by atoms with Crippen molar-refractivity contribution < 1.29 is 0 Å². The third-order valence-corrected chi connectivity index (χ3v) is 4.27. The van der Waals surface area contributed by atoms with Crippen molar-refractivity contribution >= 4 is 22.7 Å². The predicted octanol–water partition coefficient (Wildman–Crippen LogP) is 2.40. The maximum atomic E-state index is 3.50. The zero-order valence-corrected chi connectivity index (χ0v) is 9.53. The van der Waals surface area contributed by atoms with Gasteiger partial charge in [-0.2, -0.15) is 0 Å². The molecule has 0 aliphatic carbocycles. The number of aromatic nitrogens is 1. The Bertz CT molecular complexity index is 489. The molecule has 1 aromatic heterocycles. The SMILES string of the molecule is CN[C@H]1CSc2[nH]c3ccccc3c2C1. The molecule has 3 heteroatoms. The molecule has 0 fully saturated rings. The minimum atomic E-state index is 0.613. The third-order valence-electron chi connectivity index (χ3n) is 3.06. The van der Waals surface area contributed by atoms with Crippen LogP contribution in [0.3, 0.4) is 0 Å². The van der Waals surface area contributed by atoms with E-state index >= 15 is 0 Å². The van der Waals surface area contributed by atoms with Crippen molar-refractivity contribution in [3.63, 3.8) is 0 Å². The fourth-order valence-electron chi connectivity index (χ4n) is 2.18. The molecule has 15 heavy (non-hydrogen) atoms. The van der Waals surface area contributed by atoms with Gasteiger partial charge in [0, 0.05) is 22.7 Å². The molecule has 1 aromatic carbocycles. The predicted molar refractivity (Wildman–Crippen MR) is 65.6 cm³/mol. The van der Waals surface area contributed by atoms with Crippen LogP contribution in [-0.2, 0) is 6.42 Å². The summed E-state index contributed by atoms with van der Waals surface area (Å²) in [5.74, 6) is 1.16. The second-order valence-electron chi connectivity index (χ2n) is 3.98. The smallest absolute Gasteiger partial charge is 0.0766 e. The normalized spacial score (nSPS) is 20.5. The Balaban J connectivity index is 2.14. The van der Waals surface area contributed by atoms with Crippen molar-refractivity contribution in [1.82, 2.24) is 10.3 Å². The van der Waals surface area contributed by atoms with Crippen molar-refractivity contribution in [2.75, 3.05) is 12.8 Å². The minimum absolute atomic E-state index is 0.613. The second kappa shape index (κ2) is 3.58. The van der Waals surface area contributed by atoms with E-state index in [4.69, 9.17) is 0 Å². The summed E-state index contributed by atoms with van der Waals surface area (Å²) in [5.41, 5.74) is 2.76. The average Bonchev–Trinajstić information content (AvgIpc) is 2.66. The summed E-state index contributed by atoms with van der Waals surface area (Å²) in [6.07, 6.45) is 1.14. The van der Waals surface area contributed by atoms with Gasteiger partial charge in [-0.15, -0.1) is 11.8 Å². The monoisotopic (exact) mass is 218 g/mol. The van der Waals surface area contributed by atoms with Crippen molar-refractivity contribution in [3.8, 4) is 0 Å². The summed E-state index contributed by atoms with van der Waals surface area (Å²) in [6.45, 7) is 0. The van der Waals surface area contributed by atoms with Gasteiger partial charge in [-0.25, -0.2) is 0 Å². The number of aromatic amines is 1. The molecule has 78 valence electrons. The molecule has 1 atom stereocenters. The van der Waals surface area contributed by atoms with Gasteiger partial charge in [-0.1, -0.05) is 18.2 Å². The number of rotatable bonds is 1. The van der Waals surface area contributed by atoms with Crippen LogP contribution in [0.15, 0.2) is 29.3 Å². The number of para-hydroxylation sites is 1. The first-order valence-corrected chi connectivity index (χ1v) is 6.26. The lowest BCUT2D eigenvalue weighted by atomic mass is 10.1. The van der Waals surface area contributed by atoms with Gasteiger partial charge >= 0.3 is 0 Å². The maximum Gasteiger partial charge on any atom is 0.0766 e. The van der Waals surface area contributed by atoms with E-state index in [0.717, 1.165) is 12.2 Å². The van der Waals surface area contributed by atoms with Gasteiger partial charge in [-0.05, 0) is 25.1 Å². The Morgan fingerprint density at radius 3 is 3.13 bits per heavy atom. The molecule has 0 bridgehead atoms. The quantitative estimate of drug-likeness (QED) is 0.769. The molecule has 2 heterocycles. The number of benzene rings is 1. The van der Waals surface area contributed by atoms with Crippen LogP contribution in [0.5, 0.6) is 0 Å². The zero-order chi connectivity index (χ0) is 10.3. The van der Waals surface area contributed by atoms with Gasteiger partial charge in [-0.3, -0.25) is 0 Å². The van der Waals surface area contributed by atoms with E-state index in [1.807, 2.05) is 18.8 Å². The molecule has 0 radical (unpaired) electrons. The Morgan fingerprint density at radius 1 is 1.40 bits per heavy atom. The molecule has 0 unspecified atom stereocenters. The highest BCUT2D eigenvalue weighted by Crippen LogP contribution is 2.34. The first kappa shape index (κ1) is 9.31. The van der Waals surface area contributed by atoms with E-state index in [1.165, 1.54) is 21.5 Å². The molecule has 0 amide bonds. The maximum absolute atomic E-state index is 3.50. The Hall–Kier alpha value is -0.930. The number of H-pyrrole nitrogens is 1. The van der Waals surface area contributed by atoms with Crippen LogP contribution in [0, 0.1) is 0 Å². The molecule has 0 saturated heterocycles. The van der Waals surface area contributed by atoms with Crippen molar-refractivity contribution in [3.05, 3.63) is 29.8 Å². The van der Waals surface area contributed by atoms with Gasteiger partial charge < -0.3 is 10.3 Å². The summed E-state index contributed by atoms with van der Waals surface area (Å²) in [5, 5.41) is 6.12. The molecule has 0 spiro atoms. The van der Waals surface area contributed by atoms with E-state index in [0.29, 0.717) is 6.04 Å². The number of likely N-dealkylation sites (N-methyl/N-ethyl adjacent to an activating group) is 1. The number of thioether (sulfide) groups is 1. The molecule has 2 nitrogen and oxygen atoms in total. The van der Waals surface area contributed by atoms with Gasteiger partial charge in [0.2, 0.25) is 0 Å². The lowest BCUT2D eigenvalue weighted by Gasteiger charge is -2.21. The summed E-state index contributed by atoms with van der Waals surface area (Å²) >= 11 is 1.93. The van der Waals surface area contributed by atoms with Crippen LogP contribution in [0.4, 0.5) is 0 Å². The van der Waals surface area contributed by atoms with Crippen LogP contribution in [0.1, 0.15) is 5.56 Å². The molecule has 3 rings (SSSR count). The van der Waals surface area contributed by atoms with Crippen molar-refractivity contribution in [2.45, 2.75) is 17.5 Å². The molecule has 1 aliphatic heterocycles. The summed E-state index contributed by atoms with van der Waals surface area (Å²) in [7, 11) is 2.05. The van der Waals surface area contributed by atoms with E-state index in [9.17, 15) is 0 Å². The van der Waals surface area contributed by atoms with Crippen LogP contribution < -0.4 is 5.32 Å². The highest BCUT2D eigenvalue weighted by molar-refractivity contribution is 7.99. The first-order chi connectivity index (χ1) is 7.38. The average molecular weight is 218 g/mol. The minimum Gasteiger partial charge on any atom is -0.349 e. The van der Waals surface area contributed by atoms with Gasteiger partial charge in [0.1, 0.15) is 0 Å². The fourth-order valence-corrected chi connectivity index (χ4v) is 3.38. The summed E-state index contributed by atoms with van der Waals surface area (Å²) in [4.78, 5) is 3.50. The molecule has 0 saturated carbocycles. The van der Waals surface area contributed by atoms with E-state index in [1.54, 1.807) is 0 Å². The molecule has 2 aromatic rings. The largest absolute Gasteiger partial charge is 0.349 e. The van der Waals surface area contributed by atoms with Crippen LogP contribution in [0.25, 0.3) is 10.9 Å². The van der Waals surface area contributed by atoms with Crippen LogP contribution in [0.2, 0.25) is 0 Å². The van der Waals surface area contributed by atoms with Gasteiger partial charge in [0.15, 0.2) is 0 Å². The number of hydrogen-bond donors (Lipinski definition) is 2. The van der Waals surface area contributed by atoms with Crippen molar-refractivity contribution in [1.29, 1.82) is 0 Å². The number of hydrogen-bond acceptors (Lipinski definition) is 2. The van der Waals surface area contributed by atoms with Crippen molar-refractivity contribution in [2.24, 2.45) is 0 Å². The Morgan fingerprint density at radius 2 is 2.27 bits per heavy atom. The fraction of sp³-hybridized carbons (Fsp3) is 0.333. The molecular formula is C12H14N2S. The third kappa shape index (κ3) is 1.46. The van der Waals surface area contributed by atoms with E-state index in [-0.39, 0.29) is 0 Å². The van der Waals surface area contributed by atoms with E-state index < -0.39 is 0 Å². The van der Waals surface area contributed by atoms with Gasteiger partial charge in [0.25, 0.3) is 0 Å². The summed E-state index contributed by atoms with van der Waals surface area (Å²) < 4.78 is 0. The zero-order valence-electron chi connectivity index (χ0n) is 8.71. The molecular weight excluding hydrogens is 204 g/mol. The second-order valence-corrected chi connectivity index (χ2v) is 5.01. The van der Waals surface area contributed by atoms with Gasteiger partial charge in [0.05, 0.1) is 5.03 Å². The molecule has 1 aliphatic rings. The highest BCUT2D eigenvalue weighted by Gasteiger charge is 2.21. The lowest BCUT2D eigenvalue weighted by Crippen LogP contribution is -2.32. The standard InChI is InChI=1S/C12H14N2S/c1-13-8-6-10-9-4-2-3-5-11(9)14-12(10)15-7-8/h2-5,8,13-14H,6-7H2,1H3/t8-/m1/s1. The Kier molecular flexibility index (Phi) is 2.22. The summed E-state index contributed by atoms with van der Waals surface area (Å²) in [6, 6.07) is 9.18. The van der Waals surface area contributed by atoms with Crippen LogP contribution >= 0.6 is 11.8 Å². The first-order valence-electron chi connectivity index (χ1n) is 5.28. The molecule has 2 N–H and O–H groups in total. The highest BCUT2D eigenvalue weighted by atomic mass is 32.2. The topological polar surface area (TPSA) is 27.8 Å². The Labute approximate surface area is 93.4 Å².